The second-order valence-electron chi connectivity index (χ2n) is 5.07. The van der Waals surface area contributed by atoms with Crippen molar-refractivity contribution in [3.05, 3.63) is 23.2 Å². The van der Waals surface area contributed by atoms with E-state index in [0.717, 1.165) is 37.3 Å². The minimum absolute atomic E-state index is 0. The summed E-state index contributed by atoms with van der Waals surface area (Å²) in [4.78, 5) is 14.2. The van der Waals surface area contributed by atoms with Crippen molar-refractivity contribution in [1.82, 2.24) is 5.32 Å². The average Bonchev–Trinajstić information content (AvgIpc) is 2.39. The van der Waals surface area contributed by atoms with Gasteiger partial charge in [0.1, 0.15) is 0 Å². The first-order chi connectivity index (χ1) is 9.08. The Morgan fingerprint density at radius 3 is 2.48 bits per heavy atom. The van der Waals surface area contributed by atoms with E-state index in [2.05, 4.69) is 10.6 Å². The molecule has 1 aliphatic heterocycles. The molecule has 1 aliphatic rings. The van der Waals surface area contributed by atoms with Gasteiger partial charge < -0.3 is 15.5 Å². The summed E-state index contributed by atoms with van der Waals surface area (Å²) >= 11 is 6.01. The molecule has 1 fully saturated rings. The van der Waals surface area contributed by atoms with E-state index in [-0.39, 0.29) is 36.6 Å². The van der Waals surface area contributed by atoms with E-state index >= 15 is 0 Å². The maximum atomic E-state index is 12.3. The zero-order chi connectivity index (χ0) is 13.8. The summed E-state index contributed by atoms with van der Waals surface area (Å²) in [5, 5.41) is 6.90. The first-order valence-corrected chi connectivity index (χ1v) is 6.94. The number of hydrogen-bond acceptors (Lipinski definition) is 3. The number of nitrogens with zero attached hydrogens (tertiary/aromatic N) is 1. The first kappa shape index (κ1) is 20.3. The number of halogens is 3. The van der Waals surface area contributed by atoms with Crippen LogP contribution in [0.2, 0.25) is 5.02 Å². The van der Waals surface area contributed by atoms with Gasteiger partial charge in [0.15, 0.2) is 0 Å². The summed E-state index contributed by atoms with van der Waals surface area (Å²) in [7, 11) is 3.90. The fraction of sp³-hybridized carbons (Fsp3) is 0.500. The van der Waals surface area contributed by atoms with E-state index in [0.29, 0.717) is 5.02 Å². The lowest BCUT2D eigenvalue weighted by Gasteiger charge is -2.24. The lowest BCUT2D eigenvalue weighted by Crippen LogP contribution is -2.34. The topological polar surface area (TPSA) is 44.4 Å². The Kier molecular flexibility index (Phi) is 9.06. The molecule has 0 aromatic heterocycles. The molecule has 4 nitrogen and oxygen atoms in total. The van der Waals surface area contributed by atoms with Gasteiger partial charge in [-0.25, -0.2) is 0 Å². The Bertz CT molecular complexity index is 463. The normalized spacial score (nSPS) is 14.6. The number of carbonyl (C=O) groups is 1. The molecule has 2 rings (SSSR count). The van der Waals surface area contributed by atoms with Crippen molar-refractivity contribution in [2.24, 2.45) is 5.92 Å². The van der Waals surface area contributed by atoms with Crippen LogP contribution in [0.1, 0.15) is 12.8 Å². The molecule has 120 valence electrons. The maximum Gasteiger partial charge on any atom is 0.227 e. The third-order valence-electron chi connectivity index (χ3n) is 3.41. The van der Waals surface area contributed by atoms with Crippen LogP contribution in [0.5, 0.6) is 0 Å². The Labute approximate surface area is 143 Å². The van der Waals surface area contributed by atoms with Crippen molar-refractivity contribution in [3.8, 4) is 0 Å². The lowest BCUT2D eigenvalue weighted by atomic mass is 9.97. The molecule has 1 saturated heterocycles. The van der Waals surface area contributed by atoms with Gasteiger partial charge in [-0.2, -0.15) is 0 Å². The Morgan fingerprint density at radius 1 is 1.29 bits per heavy atom. The molecule has 7 heteroatoms. The molecule has 1 heterocycles. The minimum Gasteiger partial charge on any atom is -0.376 e. The van der Waals surface area contributed by atoms with Gasteiger partial charge in [-0.05, 0) is 44.1 Å². The van der Waals surface area contributed by atoms with Crippen LogP contribution in [-0.4, -0.2) is 33.1 Å². The number of anilines is 2. The third-order valence-corrected chi connectivity index (χ3v) is 3.64. The molecule has 0 saturated carbocycles. The average molecular weight is 355 g/mol. The summed E-state index contributed by atoms with van der Waals surface area (Å²) in [5.74, 6) is 0.183. The number of carbonyl (C=O) groups excluding carboxylic acids is 1. The number of benzene rings is 1. The molecule has 0 atom stereocenters. The Balaban J connectivity index is 0.00000200. The van der Waals surface area contributed by atoms with Crippen molar-refractivity contribution < 1.29 is 4.79 Å². The molecule has 0 unspecified atom stereocenters. The van der Waals surface area contributed by atoms with E-state index < -0.39 is 0 Å². The molecule has 0 radical (unpaired) electrons. The molecule has 0 spiro atoms. The van der Waals surface area contributed by atoms with Crippen LogP contribution in [0, 0.1) is 5.92 Å². The number of amides is 1. The Hall–Kier alpha value is -0.680. The number of rotatable bonds is 3. The summed E-state index contributed by atoms with van der Waals surface area (Å²) in [6.07, 6.45) is 1.79. The van der Waals surface area contributed by atoms with Gasteiger partial charge in [-0.3, -0.25) is 4.79 Å². The van der Waals surface area contributed by atoms with Crippen molar-refractivity contribution in [2.75, 3.05) is 37.4 Å². The second-order valence-corrected chi connectivity index (χ2v) is 5.51. The van der Waals surface area contributed by atoms with Crippen molar-refractivity contribution in [1.29, 1.82) is 0 Å². The van der Waals surface area contributed by atoms with Crippen LogP contribution in [0.4, 0.5) is 11.4 Å². The SMILES string of the molecule is CN(C)c1ccc(Cl)cc1NC(=O)C1CCNCC1.Cl.Cl. The minimum atomic E-state index is 0. The predicted octanol–water partition coefficient (Wildman–Crippen LogP) is 3.19. The number of nitrogens with one attached hydrogen (secondary N) is 2. The van der Waals surface area contributed by atoms with Crippen LogP contribution in [0.3, 0.4) is 0 Å². The standard InChI is InChI=1S/C14H20ClN3O.2ClH/c1-18(2)13-4-3-11(15)9-12(13)17-14(19)10-5-7-16-8-6-10;;/h3-4,9-10,16H,5-8H2,1-2H3,(H,17,19);2*1H. The maximum absolute atomic E-state index is 12.3. The van der Waals surface area contributed by atoms with Gasteiger partial charge in [-0.1, -0.05) is 11.6 Å². The molecule has 1 aromatic rings. The van der Waals surface area contributed by atoms with Gasteiger partial charge in [0.05, 0.1) is 11.4 Å². The van der Waals surface area contributed by atoms with Crippen molar-refractivity contribution >= 4 is 53.7 Å². The fourth-order valence-electron chi connectivity index (χ4n) is 2.32. The number of piperidine rings is 1. The largest absolute Gasteiger partial charge is 0.376 e. The van der Waals surface area contributed by atoms with Crippen LogP contribution in [0.15, 0.2) is 18.2 Å². The summed E-state index contributed by atoms with van der Waals surface area (Å²) in [6, 6.07) is 5.55. The molecule has 1 aromatic carbocycles. The van der Waals surface area contributed by atoms with E-state index in [1.807, 2.05) is 31.1 Å². The summed E-state index contributed by atoms with van der Waals surface area (Å²) < 4.78 is 0. The van der Waals surface area contributed by atoms with Gasteiger partial charge in [0.25, 0.3) is 0 Å². The third kappa shape index (κ3) is 5.55. The highest BCUT2D eigenvalue weighted by Gasteiger charge is 2.21. The van der Waals surface area contributed by atoms with Gasteiger partial charge in [0.2, 0.25) is 5.91 Å². The van der Waals surface area contributed by atoms with Gasteiger partial charge in [-0.15, -0.1) is 24.8 Å². The predicted molar refractivity (Wildman–Crippen MR) is 94.5 cm³/mol. The van der Waals surface area contributed by atoms with Crippen molar-refractivity contribution in [2.45, 2.75) is 12.8 Å². The van der Waals surface area contributed by atoms with Gasteiger partial charge >= 0.3 is 0 Å². The number of hydrogen-bond donors (Lipinski definition) is 2. The van der Waals surface area contributed by atoms with E-state index in [4.69, 9.17) is 11.6 Å². The zero-order valence-electron chi connectivity index (χ0n) is 12.2. The van der Waals surface area contributed by atoms with E-state index in [9.17, 15) is 4.79 Å². The molecule has 21 heavy (non-hydrogen) atoms. The summed E-state index contributed by atoms with van der Waals surface area (Å²) in [5.41, 5.74) is 1.74. The van der Waals surface area contributed by atoms with Crippen LogP contribution in [0.25, 0.3) is 0 Å². The molecule has 0 aliphatic carbocycles. The fourth-order valence-corrected chi connectivity index (χ4v) is 2.49. The highest BCUT2D eigenvalue weighted by Crippen LogP contribution is 2.28. The lowest BCUT2D eigenvalue weighted by molar-refractivity contribution is -0.120. The molecular weight excluding hydrogens is 333 g/mol. The van der Waals surface area contributed by atoms with E-state index in [1.165, 1.54) is 0 Å². The molecule has 2 N–H and O–H groups in total. The summed E-state index contributed by atoms with van der Waals surface area (Å²) in [6.45, 7) is 1.82. The van der Waals surface area contributed by atoms with Crippen molar-refractivity contribution in [3.63, 3.8) is 0 Å². The van der Waals surface area contributed by atoms with E-state index in [1.54, 1.807) is 6.07 Å². The zero-order valence-corrected chi connectivity index (χ0v) is 14.6. The Morgan fingerprint density at radius 2 is 1.90 bits per heavy atom. The monoisotopic (exact) mass is 353 g/mol. The van der Waals surface area contributed by atoms with Crippen LogP contribution >= 0.6 is 36.4 Å². The quantitative estimate of drug-likeness (QED) is 0.876. The highest BCUT2D eigenvalue weighted by atomic mass is 35.5. The highest BCUT2D eigenvalue weighted by molar-refractivity contribution is 6.31. The second kappa shape index (κ2) is 9.36. The first-order valence-electron chi connectivity index (χ1n) is 6.56. The van der Waals surface area contributed by atoms with Crippen LogP contribution in [-0.2, 0) is 4.79 Å². The molecule has 0 bridgehead atoms. The molecule has 1 amide bonds. The molecular formula is C14H22Cl3N3O. The van der Waals surface area contributed by atoms with Crippen LogP contribution < -0.4 is 15.5 Å². The smallest absolute Gasteiger partial charge is 0.227 e. The van der Waals surface area contributed by atoms with Gasteiger partial charge in [0, 0.05) is 25.0 Å².